The third kappa shape index (κ3) is 4.53. The maximum atomic E-state index is 12.6. The Bertz CT molecular complexity index is 1270. The van der Waals surface area contributed by atoms with Gasteiger partial charge in [-0.25, -0.2) is 18.4 Å². The lowest BCUT2D eigenvalue weighted by Crippen LogP contribution is -2.12. The fourth-order valence-electron chi connectivity index (χ4n) is 2.88. The van der Waals surface area contributed by atoms with Crippen LogP contribution in [0.25, 0.3) is 10.6 Å². The Morgan fingerprint density at radius 2 is 1.53 bits per heavy atom. The zero-order valence-corrected chi connectivity index (χ0v) is 19.1. The van der Waals surface area contributed by atoms with Crippen LogP contribution in [-0.4, -0.2) is 18.4 Å². The summed E-state index contributed by atoms with van der Waals surface area (Å²) in [5.41, 5.74) is 4.24. The van der Waals surface area contributed by atoms with Crippen molar-refractivity contribution in [1.29, 1.82) is 0 Å². The molecule has 2 N–H and O–H groups in total. The number of aromatic nitrogens is 2. The average Bonchev–Trinajstić information content (AvgIpc) is 3.29. The van der Waals surface area contributed by atoms with Gasteiger partial charge < -0.3 is 5.32 Å². The van der Waals surface area contributed by atoms with Gasteiger partial charge in [-0.15, -0.1) is 22.7 Å². The second-order valence-corrected chi connectivity index (χ2v) is 10.5. The van der Waals surface area contributed by atoms with E-state index in [0.717, 1.165) is 37.7 Å². The number of thiazole rings is 2. The minimum absolute atomic E-state index is 0.198. The molecule has 2 heterocycles. The highest BCUT2D eigenvalue weighted by atomic mass is 32.2. The fraction of sp³-hybridized carbons (Fsp3) is 0.143. The molecule has 2 aromatic heterocycles. The van der Waals surface area contributed by atoms with Gasteiger partial charge in [0.2, 0.25) is 0 Å². The van der Waals surface area contributed by atoms with Gasteiger partial charge in [0, 0.05) is 16.8 Å². The molecule has 0 unspecified atom stereocenters. The number of anilines is 3. The number of benzene rings is 2. The first-order valence-electron chi connectivity index (χ1n) is 9.17. The number of aryl methyl sites for hydroxylation is 3. The van der Waals surface area contributed by atoms with Crippen LogP contribution in [0.1, 0.15) is 16.3 Å². The Morgan fingerprint density at radius 3 is 2.17 bits per heavy atom. The van der Waals surface area contributed by atoms with Crippen LogP contribution in [0.3, 0.4) is 0 Å². The number of nitrogens with one attached hydrogen (secondary N) is 2. The Kier molecular flexibility index (Phi) is 5.59. The second-order valence-electron chi connectivity index (χ2n) is 6.81. The molecule has 0 aliphatic carbocycles. The fourth-order valence-corrected chi connectivity index (χ4v) is 5.62. The average molecular weight is 457 g/mol. The predicted molar refractivity (Wildman–Crippen MR) is 124 cm³/mol. The molecule has 0 atom stereocenters. The Hall–Kier alpha value is -2.75. The van der Waals surface area contributed by atoms with Gasteiger partial charge in [-0.05, 0) is 57.2 Å². The summed E-state index contributed by atoms with van der Waals surface area (Å²) in [5, 5.41) is 6.98. The van der Waals surface area contributed by atoms with Crippen molar-refractivity contribution in [3.05, 3.63) is 70.2 Å². The first kappa shape index (κ1) is 20.5. The summed E-state index contributed by atoms with van der Waals surface area (Å²) in [4.78, 5) is 10.3. The van der Waals surface area contributed by atoms with Gasteiger partial charge in [0.25, 0.3) is 10.0 Å². The maximum Gasteiger partial charge on any atom is 0.261 e. The summed E-state index contributed by atoms with van der Waals surface area (Å²) in [6.45, 7) is 5.92. The molecule has 154 valence electrons. The Balaban J connectivity index is 1.47. The number of hydrogen-bond acceptors (Lipinski definition) is 7. The summed E-state index contributed by atoms with van der Waals surface area (Å²) in [7, 11) is -3.65. The first-order valence-corrected chi connectivity index (χ1v) is 12.3. The summed E-state index contributed by atoms with van der Waals surface area (Å²) < 4.78 is 27.8. The third-order valence-electron chi connectivity index (χ3n) is 4.36. The van der Waals surface area contributed by atoms with Crippen LogP contribution in [0.4, 0.5) is 16.5 Å². The van der Waals surface area contributed by atoms with E-state index in [1.165, 1.54) is 11.3 Å². The van der Waals surface area contributed by atoms with E-state index in [2.05, 4.69) is 20.0 Å². The van der Waals surface area contributed by atoms with Crippen LogP contribution >= 0.6 is 22.7 Å². The Labute approximate surface area is 183 Å². The predicted octanol–water partition coefficient (Wildman–Crippen LogP) is 5.74. The molecular formula is C21H20N4O2S3. The molecule has 0 aliphatic rings. The molecule has 0 amide bonds. The Morgan fingerprint density at radius 1 is 0.867 bits per heavy atom. The largest absolute Gasteiger partial charge is 0.332 e. The number of rotatable bonds is 6. The van der Waals surface area contributed by atoms with Gasteiger partial charge in [0.15, 0.2) is 5.13 Å². The molecule has 0 saturated carbocycles. The second kappa shape index (κ2) is 8.17. The molecule has 30 heavy (non-hydrogen) atoms. The van der Waals surface area contributed by atoms with Gasteiger partial charge in [-0.3, -0.25) is 4.72 Å². The van der Waals surface area contributed by atoms with Gasteiger partial charge >= 0.3 is 0 Å². The molecule has 0 aliphatic heterocycles. The van der Waals surface area contributed by atoms with E-state index in [4.69, 9.17) is 0 Å². The smallest absolute Gasteiger partial charge is 0.261 e. The number of nitrogens with zero attached hydrogens (tertiary/aromatic N) is 2. The maximum absolute atomic E-state index is 12.6. The van der Waals surface area contributed by atoms with E-state index in [0.29, 0.717) is 5.69 Å². The van der Waals surface area contributed by atoms with Gasteiger partial charge in [-0.1, -0.05) is 17.7 Å². The van der Waals surface area contributed by atoms with Gasteiger partial charge in [-0.2, -0.15) is 0 Å². The highest BCUT2D eigenvalue weighted by Crippen LogP contribution is 2.33. The topological polar surface area (TPSA) is 84.0 Å². The molecule has 4 rings (SSSR count). The molecule has 6 nitrogen and oxygen atoms in total. The van der Waals surface area contributed by atoms with E-state index >= 15 is 0 Å². The summed E-state index contributed by atoms with van der Waals surface area (Å²) in [5.74, 6) is 0. The van der Waals surface area contributed by atoms with Crippen LogP contribution in [0, 0.1) is 20.8 Å². The standard InChI is InChI=1S/C21H20N4O2S3/c1-13-4-6-17(7-5-13)25-30(26,27)18-10-8-16(9-11-18)23-21-24-19(12-28-21)20-14(2)22-15(3)29-20/h4-12,25H,1-3H3,(H,23,24). The molecule has 9 heteroatoms. The van der Waals surface area contributed by atoms with Crippen molar-refractivity contribution in [2.75, 3.05) is 10.0 Å². The molecule has 0 radical (unpaired) electrons. The normalized spacial score (nSPS) is 11.4. The lowest BCUT2D eigenvalue weighted by Gasteiger charge is -2.09. The van der Waals surface area contributed by atoms with Crippen molar-refractivity contribution in [3.63, 3.8) is 0 Å². The lowest BCUT2D eigenvalue weighted by molar-refractivity contribution is 0.601. The summed E-state index contributed by atoms with van der Waals surface area (Å²) >= 11 is 3.12. The van der Waals surface area contributed by atoms with Crippen molar-refractivity contribution in [1.82, 2.24) is 9.97 Å². The van der Waals surface area contributed by atoms with Gasteiger partial charge in [0.05, 0.1) is 26.2 Å². The van der Waals surface area contributed by atoms with Crippen molar-refractivity contribution >= 4 is 49.2 Å². The number of sulfonamides is 1. The summed E-state index contributed by atoms with van der Waals surface area (Å²) in [6, 6.07) is 13.8. The van der Waals surface area contributed by atoms with E-state index in [1.807, 2.05) is 38.3 Å². The summed E-state index contributed by atoms with van der Waals surface area (Å²) in [6.07, 6.45) is 0. The van der Waals surface area contributed by atoms with Crippen LogP contribution in [0.5, 0.6) is 0 Å². The monoisotopic (exact) mass is 456 g/mol. The molecule has 0 spiro atoms. The van der Waals surface area contributed by atoms with Crippen molar-refractivity contribution in [3.8, 4) is 10.6 Å². The minimum Gasteiger partial charge on any atom is -0.332 e. The quantitative estimate of drug-likeness (QED) is 0.387. The molecule has 4 aromatic rings. The van der Waals surface area contributed by atoms with Crippen LogP contribution < -0.4 is 10.0 Å². The van der Waals surface area contributed by atoms with E-state index in [1.54, 1.807) is 47.7 Å². The SMILES string of the molecule is Cc1ccc(NS(=O)(=O)c2ccc(Nc3nc(-c4sc(C)nc4C)cs3)cc2)cc1. The van der Waals surface area contributed by atoms with Crippen LogP contribution in [0.2, 0.25) is 0 Å². The van der Waals surface area contributed by atoms with Crippen LogP contribution in [0.15, 0.2) is 58.8 Å². The number of hydrogen-bond donors (Lipinski definition) is 2. The van der Waals surface area contributed by atoms with Crippen molar-refractivity contribution < 1.29 is 8.42 Å². The van der Waals surface area contributed by atoms with E-state index in [9.17, 15) is 8.42 Å². The molecular weight excluding hydrogens is 436 g/mol. The first-order chi connectivity index (χ1) is 14.3. The zero-order chi connectivity index (χ0) is 21.3. The highest BCUT2D eigenvalue weighted by Gasteiger charge is 2.15. The van der Waals surface area contributed by atoms with Crippen LogP contribution in [-0.2, 0) is 10.0 Å². The van der Waals surface area contributed by atoms with E-state index in [-0.39, 0.29) is 4.90 Å². The minimum atomic E-state index is -3.65. The van der Waals surface area contributed by atoms with Crippen molar-refractivity contribution in [2.24, 2.45) is 0 Å². The molecule has 2 aromatic carbocycles. The molecule has 0 fully saturated rings. The molecule has 0 saturated heterocycles. The van der Waals surface area contributed by atoms with E-state index < -0.39 is 10.0 Å². The third-order valence-corrected chi connectivity index (χ3v) is 7.61. The highest BCUT2D eigenvalue weighted by molar-refractivity contribution is 7.92. The zero-order valence-electron chi connectivity index (χ0n) is 16.6. The molecule has 0 bridgehead atoms. The van der Waals surface area contributed by atoms with Gasteiger partial charge in [0.1, 0.15) is 0 Å². The lowest BCUT2D eigenvalue weighted by atomic mass is 10.2. The van der Waals surface area contributed by atoms with Crippen molar-refractivity contribution in [2.45, 2.75) is 25.7 Å².